The van der Waals surface area contributed by atoms with Crippen LogP contribution >= 0.6 is 11.3 Å². The molecular weight excluding hydrogens is 330 g/mol. The summed E-state index contributed by atoms with van der Waals surface area (Å²) in [5, 5.41) is 21.7. The SMILES string of the molecule is CN(Cc1nc2c(s1)CCCC2)C(=O)c1cccc([N+](=O)[O-])c1O. The highest BCUT2D eigenvalue weighted by atomic mass is 32.1. The molecule has 0 aliphatic heterocycles. The molecule has 0 spiro atoms. The summed E-state index contributed by atoms with van der Waals surface area (Å²) in [7, 11) is 1.60. The maximum absolute atomic E-state index is 12.5. The maximum Gasteiger partial charge on any atom is 0.311 e. The number of nitrogens with zero attached hydrogens (tertiary/aromatic N) is 3. The molecule has 0 saturated carbocycles. The molecule has 0 unspecified atom stereocenters. The number of para-hydroxylation sites is 1. The number of phenols is 1. The zero-order valence-electron chi connectivity index (χ0n) is 13.2. The lowest BCUT2D eigenvalue weighted by molar-refractivity contribution is -0.385. The highest BCUT2D eigenvalue weighted by molar-refractivity contribution is 7.11. The van der Waals surface area contributed by atoms with Crippen molar-refractivity contribution in [3.8, 4) is 5.75 Å². The van der Waals surface area contributed by atoms with Gasteiger partial charge in [0.05, 0.1) is 22.7 Å². The van der Waals surface area contributed by atoms with Crippen LogP contribution in [0.15, 0.2) is 18.2 Å². The third-order valence-electron chi connectivity index (χ3n) is 4.05. The van der Waals surface area contributed by atoms with Crippen molar-refractivity contribution in [3.63, 3.8) is 0 Å². The summed E-state index contributed by atoms with van der Waals surface area (Å²) in [4.78, 5) is 30.0. The van der Waals surface area contributed by atoms with Gasteiger partial charge in [-0.15, -0.1) is 11.3 Å². The molecule has 0 bridgehead atoms. The van der Waals surface area contributed by atoms with E-state index in [2.05, 4.69) is 4.98 Å². The summed E-state index contributed by atoms with van der Waals surface area (Å²) < 4.78 is 0. The topological polar surface area (TPSA) is 96.6 Å². The van der Waals surface area contributed by atoms with Gasteiger partial charge in [-0.05, 0) is 31.7 Å². The van der Waals surface area contributed by atoms with Gasteiger partial charge < -0.3 is 10.0 Å². The first kappa shape index (κ1) is 16.4. The number of carbonyl (C=O) groups is 1. The molecule has 24 heavy (non-hydrogen) atoms. The molecule has 1 aromatic heterocycles. The van der Waals surface area contributed by atoms with E-state index in [0.29, 0.717) is 6.54 Å². The molecule has 126 valence electrons. The number of fused-ring (bicyclic) bond motifs is 1. The Labute approximate surface area is 142 Å². The van der Waals surface area contributed by atoms with Gasteiger partial charge in [0.25, 0.3) is 5.91 Å². The number of hydrogen-bond acceptors (Lipinski definition) is 6. The average Bonchev–Trinajstić information content (AvgIpc) is 2.96. The minimum atomic E-state index is -0.707. The molecule has 1 aliphatic rings. The van der Waals surface area contributed by atoms with Gasteiger partial charge in [0.2, 0.25) is 5.75 Å². The zero-order valence-corrected chi connectivity index (χ0v) is 14.0. The molecule has 2 aromatic rings. The van der Waals surface area contributed by atoms with Crippen molar-refractivity contribution in [3.05, 3.63) is 49.5 Å². The predicted molar refractivity (Wildman–Crippen MR) is 89.3 cm³/mol. The summed E-state index contributed by atoms with van der Waals surface area (Å²) in [6.45, 7) is 0.318. The highest BCUT2D eigenvalue weighted by Gasteiger charge is 2.24. The van der Waals surface area contributed by atoms with Gasteiger partial charge in [0, 0.05) is 18.0 Å². The lowest BCUT2D eigenvalue weighted by atomic mass is 10.0. The van der Waals surface area contributed by atoms with Crippen molar-refractivity contribution in [1.29, 1.82) is 0 Å². The number of aromatic hydroxyl groups is 1. The average molecular weight is 347 g/mol. The Bertz CT molecular complexity index is 779. The first-order valence-corrected chi connectivity index (χ1v) is 8.48. The van der Waals surface area contributed by atoms with Gasteiger partial charge in [-0.2, -0.15) is 0 Å². The summed E-state index contributed by atoms with van der Waals surface area (Å²) in [6, 6.07) is 3.94. The first-order valence-electron chi connectivity index (χ1n) is 7.66. The van der Waals surface area contributed by atoms with Crippen molar-refractivity contribution < 1.29 is 14.8 Å². The van der Waals surface area contributed by atoms with E-state index in [1.807, 2.05) is 0 Å². The minimum Gasteiger partial charge on any atom is -0.502 e. The van der Waals surface area contributed by atoms with Crippen molar-refractivity contribution in [2.45, 2.75) is 32.2 Å². The molecule has 8 heteroatoms. The van der Waals surface area contributed by atoms with Crippen LogP contribution in [0.4, 0.5) is 5.69 Å². The Hall–Kier alpha value is -2.48. The van der Waals surface area contributed by atoms with E-state index in [1.165, 1.54) is 34.4 Å². The van der Waals surface area contributed by atoms with E-state index in [-0.39, 0.29) is 5.56 Å². The largest absolute Gasteiger partial charge is 0.502 e. The van der Waals surface area contributed by atoms with Gasteiger partial charge in [-0.3, -0.25) is 14.9 Å². The molecule has 0 saturated heterocycles. The predicted octanol–water partition coefficient (Wildman–Crippen LogP) is 2.91. The molecule has 1 heterocycles. The molecule has 1 N–H and O–H groups in total. The number of aryl methyl sites for hydroxylation is 2. The second-order valence-electron chi connectivity index (χ2n) is 5.78. The molecule has 0 atom stereocenters. The van der Waals surface area contributed by atoms with Crippen LogP contribution in [-0.4, -0.2) is 32.9 Å². The molecule has 1 aliphatic carbocycles. The van der Waals surface area contributed by atoms with Gasteiger partial charge >= 0.3 is 5.69 Å². The van der Waals surface area contributed by atoms with Crippen molar-refractivity contribution in [1.82, 2.24) is 9.88 Å². The number of nitro benzene ring substituents is 1. The van der Waals surface area contributed by atoms with Crippen LogP contribution in [0.5, 0.6) is 5.75 Å². The fraction of sp³-hybridized carbons (Fsp3) is 0.375. The van der Waals surface area contributed by atoms with Crippen molar-refractivity contribution >= 4 is 22.9 Å². The number of benzene rings is 1. The Morgan fingerprint density at radius 1 is 1.42 bits per heavy atom. The molecule has 3 rings (SSSR count). The molecule has 0 fully saturated rings. The van der Waals surface area contributed by atoms with E-state index in [1.54, 1.807) is 18.4 Å². The molecule has 0 radical (unpaired) electrons. The van der Waals surface area contributed by atoms with Crippen LogP contribution in [0.3, 0.4) is 0 Å². The molecule has 1 amide bonds. The summed E-state index contributed by atoms with van der Waals surface area (Å²) in [5.74, 6) is -1.07. The van der Waals surface area contributed by atoms with Crippen LogP contribution in [0.1, 0.15) is 38.8 Å². The third kappa shape index (κ3) is 3.09. The van der Waals surface area contributed by atoms with E-state index >= 15 is 0 Å². The number of nitro groups is 1. The van der Waals surface area contributed by atoms with Crippen molar-refractivity contribution in [2.75, 3.05) is 7.05 Å². The third-order valence-corrected chi connectivity index (χ3v) is 5.19. The Morgan fingerprint density at radius 2 is 2.17 bits per heavy atom. The number of phenolic OH excluding ortho intramolecular Hbond substituents is 1. The number of aromatic nitrogens is 1. The summed E-state index contributed by atoms with van der Waals surface area (Å²) in [6.07, 6.45) is 4.34. The van der Waals surface area contributed by atoms with Crippen LogP contribution < -0.4 is 0 Å². The van der Waals surface area contributed by atoms with Crippen molar-refractivity contribution in [2.24, 2.45) is 0 Å². The zero-order chi connectivity index (χ0) is 17.3. The van der Waals surface area contributed by atoms with E-state index in [9.17, 15) is 20.0 Å². The molecule has 1 aromatic carbocycles. The standard InChI is InChI=1S/C16H17N3O4S/c1-18(9-14-17-11-6-2-3-8-13(11)24-14)16(21)10-5-4-7-12(15(10)20)19(22)23/h4-5,7,20H,2-3,6,8-9H2,1H3. The Balaban J connectivity index is 1.79. The monoisotopic (exact) mass is 347 g/mol. The molecular formula is C16H17N3O4S. The summed E-state index contributed by atoms with van der Waals surface area (Å²) >= 11 is 1.61. The number of amides is 1. The second-order valence-corrected chi connectivity index (χ2v) is 6.94. The number of thiazole rings is 1. The van der Waals surface area contributed by atoms with E-state index in [4.69, 9.17) is 0 Å². The quantitative estimate of drug-likeness (QED) is 0.677. The smallest absolute Gasteiger partial charge is 0.311 e. The number of hydrogen-bond donors (Lipinski definition) is 1. The van der Waals surface area contributed by atoms with Gasteiger partial charge in [-0.25, -0.2) is 4.98 Å². The lowest BCUT2D eigenvalue weighted by Gasteiger charge is -2.16. The molecule has 7 nitrogen and oxygen atoms in total. The van der Waals surface area contributed by atoms with Crippen LogP contribution in [0.25, 0.3) is 0 Å². The van der Waals surface area contributed by atoms with Gasteiger partial charge in [0.15, 0.2) is 0 Å². The Morgan fingerprint density at radius 3 is 2.88 bits per heavy atom. The van der Waals surface area contributed by atoms with Crippen LogP contribution in [0, 0.1) is 10.1 Å². The Kier molecular flexibility index (Phi) is 4.48. The second kappa shape index (κ2) is 6.56. The highest BCUT2D eigenvalue weighted by Crippen LogP contribution is 2.31. The maximum atomic E-state index is 12.5. The number of rotatable bonds is 4. The minimum absolute atomic E-state index is 0.0759. The fourth-order valence-electron chi connectivity index (χ4n) is 2.80. The normalized spacial score (nSPS) is 13.4. The number of carbonyl (C=O) groups excluding carboxylic acids is 1. The van der Waals surface area contributed by atoms with E-state index in [0.717, 1.165) is 30.0 Å². The van der Waals surface area contributed by atoms with Crippen LogP contribution in [0.2, 0.25) is 0 Å². The van der Waals surface area contributed by atoms with E-state index < -0.39 is 22.3 Å². The first-order chi connectivity index (χ1) is 11.5. The van der Waals surface area contributed by atoms with Gasteiger partial charge in [-0.1, -0.05) is 6.07 Å². The summed E-state index contributed by atoms with van der Waals surface area (Å²) in [5.41, 5.74) is 0.576. The fourth-order valence-corrected chi connectivity index (χ4v) is 4.02. The van der Waals surface area contributed by atoms with Crippen LogP contribution in [-0.2, 0) is 19.4 Å². The van der Waals surface area contributed by atoms with Gasteiger partial charge in [0.1, 0.15) is 5.01 Å². The lowest BCUT2D eigenvalue weighted by Crippen LogP contribution is -2.26.